The minimum atomic E-state index is -0.440. The molecule has 0 atom stereocenters. The predicted molar refractivity (Wildman–Crippen MR) is 72.4 cm³/mol. The van der Waals surface area contributed by atoms with Crippen LogP contribution in [0.5, 0.6) is 0 Å². The highest BCUT2D eigenvalue weighted by atomic mass is 16.2. The highest BCUT2D eigenvalue weighted by Gasteiger charge is 2.15. The molecule has 0 saturated carbocycles. The number of hydrogen-bond acceptors (Lipinski definition) is 2. The van der Waals surface area contributed by atoms with Crippen LogP contribution in [-0.4, -0.2) is 23.6 Å². The fourth-order valence-electron chi connectivity index (χ4n) is 1.82. The monoisotopic (exact) mass is 247 g/mol. The van der Waals surface area contributed by atoms with E-state index in [4.69, 9.17) is 0 Å². The Balaban J connectivity index is 2.93. The number of amides is 1. The van der Waals surface area contributed by atoms with E-state index in [1.807, 2.05) is 6.92 Å². The van der Waals surface area contributed by atoms with Crippen LogP contribution >= 0.6 is 0 Å². The van der Waals surface area contributed by atoms with Crippen LogP contribution in [0.4, 0.5) is 0 Å². The number of aryl methyl sites for hydroxylation is 1. The quantitative estimate of drug-likeness (QED) is 0.767. The number of carbonyl (C=O) groups excluding carboxylic acids is 2. The first-order valence-electron chi connectivity index (χ1n) is 6.18. The van der Waals surface area contributed by atoms with Crippen LogP contribution in [-0.2, 0) is 16.1 Å². The maximum absolute atomic E-state index is 11.6. The van der Waals surface area contributed by atoms with Gasteiger partial charge >= 0.3 is 0 Å². The van der Waals surface area contributed by atoms with Crippen LogP contribution in [0.2, 0.25) is 0 Å². The summed E-state index contributed by atoms with van der Waals surface area (Å²) in [5.74, 6) is -0.405. The second-order valence-electron chi connectivity index (χ2n) is 5.06. The fourth-order valence-corrected chi connectivity index (χ4v) is 1.82. The molecule has 3 nitrogen and oxygen atoms in total. The third-order valence-electron chi connectivity index (χ3n) is 3.10. The fraction of sp³-hybridized carbons (Fsp3) is 0.467. The zero-order chi connectivity index (χ0) is 13.9. The molecular weight excluding hydrogens is 226 g/mol. The lowest BCUT2D eigenvalue weighted by Crippen LogP contribution is -2.31. The summed E-state index contributed by atoms with van der Waals surface area (Å²) in [6.45, 7) is 8.07. The SMILES string of the molecule is CC(=O)C(=O)N(C)Cc1cc(C(C)C)ccc1C. The molecule has 0 unspecified atom stereocenters. The molecule has 18 heavy (non-hydrogen) atoms. The number of rotatable bonds is 4. The number of ketones is 1. The molecule has 0 spiro atoms. The van der Waals surface area contributed by atoms with Gasteiger partial charge < -0.3 is 4.90 Å². The Labute approximate surface area is 109 Å². The second-order valence-corrected chi connectivity index (χ2v) is 5.06. The Morgan fingerprint density at radius 1 is 1.28 bits per heavy atom. The molecule has 0 radical (unpaired) electrons. The molecule has 0 fully saturated rings. The Morgan fingerprint density at radius 3 is 2.39 bits per heavy atom. The smallest absolute Gasteiger partial charge is 0.289 e. The molecule has 0 aliphatic rings. The molecule has 1 rings (SSSR count). The lowest BCUT2D eigenvalue weighted by Gasteiger charge is -2.18. The van der Waals surface area contributed by atoms with E-state index >= 15 is 0 Å². The van der Waals surface area contributed by atoms with Crippen molar-refractivity contribution < 1.29 is 9.59 Å². The Morgan fingerprint density at radius 2 is 1.89 bits per heavy atom. The van der Waals surface area contributed by atoms with Gasteiger partial charge in [0.15, 0.2) is 0 Å². The number of nitrogens with zero attached hydrogens (tertiary/aromatic N) is 1. The predicted octanol–water partition coefficient (Wildman–Crippen LogP) is 2.67. The second kappa shape index (κ2) is 5.80. The minimum absolute atomic E-state index is 0.421. The molecule has 0 bridgehead atoms. The molecule has 0 saturated heterocycles. The molecule has 0 aromatic heterocycles. The summed E-state index contributed by atoms with van der Waals surface area (Å²) >= 11 is 0. The Bertz CT molecular complexity index is 464. The Kier molecular flexibility index (Phi) is 4.65. The highest BCUT2D eigenvalue weighted by molar-refractivity contribution is 6.34. The van der Waals surface area contributed by atoms with Crippen LogP contribution in [0, 0.1) is 6.92 Å². The largest absolute Gasteiger partial charge is 0.335 e. The van der Waals surface area contributed by atoms with Crippen molar-refractivity contribution in [2.24, 2.45) is 0 Å². The Hall–Kier alpha value is -1.64. The van der Waals surface area contributed by atoms with Crippen molar-refractivity contribution in [3.8, 4) is 0 Å². The molecule has 0 heterocycles. The van der Waals surface area contributed by atoms with Crippen LogP contribution in [0.1, 0.15) is 43.4 Å². The van der Waals surface area contributed by atoms with Crippen LogP contribution in [0.3, 0.4) is 0 Å². The van der Waals surface area contributed by atoms with E-state index in [0.717, 1.165) is 11.1 Å². The first kappa shape index (κ1) is 14.4. The third-order valence-corrected chi connectivity index (χ3v) is 3.10. The number of carbonyl (C=O) groups is 2. The standard InChI is InChI=1S/C15H21NO2/c1-10(2)13-7-6-11(3)14(8-13)9-16(5)15(18)12(4)17/h6-8,10H,9H2,1-5H3. The van der Waals surface area contributed by atoms with E-state index in [-0.39, 0.29) is 0 Å². The van der Waals surface area contributed by atoms with Crippen molar-refractivity contribution in [1.82, 2.24) is 4.90 Å². The van der Waals surface area contributed by atoms with E-state index in [2.05, 4.69) is 32.0 Å². The van der Waals surface area contributed by atoms with Gasteiger partial charge in [0.1, 0.15) is 0 Å². The molecular formula is C15H21NO2. The zero-order valence-corrected chi connectivity index (χ0v) is 11.8. The molecule has 0 aliphatic heterocycles. The van der Waals surface area contributed by atoms with E-state index in [9.17, 15) is 9.59 Å². The van der Waals surface area contributed by atoms with Crippen molar-refractivity contribution in [2.45, 2.75) is 40.2 Å². The van der Waals surface area contributed by atoms with Crippen LogP contribution in [0.15, 0.2) is 18.2 Å². The van der Waals surface area contributed by atoms with Gasteiger partial charge in [0, 0.05) is 20.5 Å². The summed E-state index contributed by atoms with van der Waals surface area (Å²) in [6.07, 6.45) is 0. The summed E-state index contributed by atoms with van der Waals surface area (Å²) in [6, 6.07) is 6.29. The van der Waals surface area contributed by atoms with E-state index in [0.29, 0.717) is 12.5 Å². The van der Waals surface area contributed by atoms with Gasteiger partial charge in [-0.05, 0) is 29.5 Å². The first-order chi connectivity index (χ1) is 8.32. The molecule has 1 amide bonds. The van der Waals surface area contributed by atoms with Gasteiger partial charge in [-0.3, -0.25) is 9.59 Å². The van der Waals surface area contributed by atoms with Gasteiger partial charge in [-0.1, -0.05) is 32.0 Å². The van der Waals surface area contributed by atoms with Crippen LogP contribution < -0.4 is 0 Å². The topological polar surface area (TPSA) is 37.4 Å². The normalized spacial score (nSPS) is 10.6. The summed E-state index contributed by atoms with van der Waals surface area (Å²) < 4.78 is 0. The molecule has 1 aromatic rings. The van der Waals surface area contributed by atoms with Gasteiger partial charge in [0.2, 0.25) is 5.78 Å². The lowest BCUT2D eigenvalue weighted by molar-refractivity contribution is -0.143. The van der Waals surface area contributed by atoms with Gasteiger partial charge in [0.25, 0.3) is 5.91 Å². The van der Waals surface area contributed by atoms with Gasteiger partial charge in [-0.25, -0.2) is 0 Å². The van der Waals surface area contributed by atoms with Gasteiger partial charge in [-0.2, -0.15) is 0 Å². The first-order valence-corrected chi connectivity index (χ1v) is 6.18. The molecule has 3 heteroatoms. The molecule has 1 aromatic carbocycles. The maximum atomic E-state index is 11.6. The zero-order valence-electron chi connectivity index (χ0n) is 11.8. The van der Waals surface area contributed by atoms with E-state index in [1.165, 1.54) is 17.4 Å². The van der Waals surface area contributed by atoms with Gasteiger partial charge in [0.05, 0.1) is 0 Å². The molecule has 0 N–H and O–H groups in total. The van der Waals surface area contributed by atoms with Crippen molar-refractivity contribution in [1.29, 1.82) is 0 Å². The summed E-state index contributed by atoms with van der Waals surface area (Å²) in [5, 5.41) is 0. The van der Waals surface area contributed by atoms with E-state index in [1.54, 1.807) is 7.05 Å². The number of hydrogen-bond donors (Lipinski definition) is 0. The van der Waals surface area contributed by atoms with Crippen molar-refractivity contribution >= 4 is 11.7 Å². The number of benzene rings is 1. The number of likely N-dealkylation sites (N-methyl/N-ethyl adjacent to an activating group) is 1. The highest BCUT2D eigenvalue weighted by Crippen LogP contribution is 2.19. The van der Waals surface area contributed by atoms with Gasteiger partial charge in [-0.15, -0.1) is 0 Å². The summed E-state index contributed by atoms with van der Waals surface area (Å²) in [4.78, 5) is 24.1. The average molecular weight is 247 g/mol. The maximum Gasteiger partial charge on any atom is 0.289 e. The molecule has 98 valence electrons. The summed E-state index contributed by atoms with van der Waals surface area (Å²) in [5.41, 5.74) is 3.49. The minimum Gasteiger partial charge on any atom is -0.335 e. The average Bonchev–Trinajstić information content (AvgIpc) is 2.30. The molecule has 0 aliphatic carbocycles. The lowest BCUT2D eigenvalue weighted by atomic mass is 9.97. The van der Waals surface area contributed by atoms with Crippen molar-refractivity contribution in [2.75, 3.05) is 7.05 Å². The van der Waals surface area contributed by atoms with E-state index < -0.39 is 11.7 Å². The van der Waals surface area contributed by atoms with Crippen LogP contribution in [0.25, 0.3) is 0 Å². The third kappa shape index (κ3) is 3.42. The summed E-state index contributed by atoms with van der Waals surface area (Å²) in [7, 11) is 1.66. The number of Topliss-reactive ketones (excluding diaryl/α,β-unsaturated/α-hetero) is 1. The van der Waals surface area contributed by atoms with Crippen molar-refractivity contribution in [3.63, 3.8) is 0 Å². The van der Waals surface area contributed by atoms with Crippen molar-refractivity contribution in [3.05, 3.63) is 34.9 Å².